The van der Waals surface area contributed by atoms with Gasteiger partial charge in [0.25, 0.3) is 0 Å². The van der Waals surface area contributed by atoms with Crippen molar-refractivity contribution in [2.24, 2.45) is 7.05 Å². The molecule has 0 aliphatic carbocycles. The van der Waals surface area contributed by atoms with Gasteiger partial charge in [0.15, 0.2) is 0 Å². The van der Waals surface area contributed by atoms with E-state index in [0.717, 1.165) is 28.2 Å². The van der Waals surface area contributed by atoms with Crippen LogP contribution in [0.5, 0.6) is 0 Å². The molecule has 1 aliphatic rings. The lowest BCUT2D eigenvalue weighted by Crippen LogP contribution is -2.26. The molecule has 0 saturated heterocycles. The Bertz CT molecular complexity index is 961. The van der Waals surface area contributed by atoms with Gasteiger partial charge in [-0.15, -0.1) is 0 Å². The van der Waals surface area contributed by atoms with Gasteiger partial charge in [0.1, 0.15) is 0 Å². The fourth-order valence-corrected chi connectivity index (χ4v) is 4.54. The van der Waals surface area contributed by atoms with Crippen molar-refractivity contribution in [1.29, 1.82) is 0 Å². The summed E-state index contributed by atoms with van der Waals surface area (Å²) in [5.74, 6) is -0.0222. The fourth-order valence-electron chi connectivity index (χ4n) is 3.46. The van der Waals surface area contributed by atoms with E-state index >= 15 is 0 Å². The maximum Gasteiger partial charge on any atom is 0.240 e. The van der Waals surface area contributed by atoms with Crippen molar-refractivity contribution in [2.75, 3.05) is 18.0 Å². The number of amides is 1. The molecule has 1 aromatic heterocycles. The summed E-state index contributed by atoms with van der Waals surface area (Å²) in [6.45, 7) is 6.56. The highest BCUT2D eigenvalue weighted by Crippen LogP contribution is 2.30. The number of sulfonamides is 1. The van der Waals surface area contributed by atoms with Crippen molar-refractivity contribution in [2.45, 2.75) is 38.5 Å². The molecule has 0 bridgehead atoms. The Balaban J connectivity index is 1.71. The van der Waals surface area contributed by atoms with E-state index in [-0.39, 0.29) is 10.8 Å². The number of hydrogen-bond donors (Lipinski definition) is 1. The SMILES string of the molecule is CC(=O)N1CCc2cc(S(=O)(=O)NCCc3cc(C)n(C)c3C)ccc21. The monoisotopic (exact) mass is 375 g/mol. The van der Waals surface area contributed by atoms with Gasteiger partial charge >= 0.3 is 0 Å². The lowest BCUT2D eigenvalue weighted by atomic mass is 10.2. The van der Waals surface area contributed by atoms with Crippen LogP contribution in [0.15, 0.2) is 29.2 Å². The van der Waals surface area contributed by atoms with Gasteiger partial charge in [-0.3, -0.25) is 4.79 Å². The second-order valence-corrected chi connectivity index (χ2v) is 8.58. The molecule has 1 aromatic carbocycles. The molecule has 0 unspecified atom stereocenters. The van der Waals surface area contributed by atoms with Crippen LogP contribution in [0.3, 0.4) is 0 Å². The van der Waals surface area contributed by atoms with Gasteiger partial charge in [-0.25, -0.2) is 13.1 Å². The van der Waals surface area contributed by atoms with Gasteiger partial charge in [-0.1, -0.05) is 0 Å². The van der Waals surface area contributed by atoms with Crippen molar-refractivity contribution < 1.29 is 13.2 Å². The van der Waals surface area contributed by atoms with E-state index in [2.05, 4.69) is 15.4 Å². The molecule has 0 radical (unpaired) electrons. The predicted molar refractivity (Wildman–Crippen MR) is 102 cm³/mol. The van der Waals surface area contributed by atoms with Gasteiger partial charge in [-0.05, 0) is 62.1 Å². The predicted octanol–water partition coefficient (Wildman–Crippen LogP) is 2.07. The van der Waals surface area contributed by atoms with Crippen molar-refractivity contribution in [1.82, 2.24) is 9.29 Å². The Morgan fingerprint density at radius 2 is 1.96 bits per heavy atom. The molecular formula is C19H25N3O3S. The molecule has 140 valence electrons. The Hall–Kier alpha value is -2.12. The highest BCUT2D eigenvalue weighted by molar-refractivity contribution is 7.89. The third-order valence-corrected chi connectivity index (χ3v) is 6.66. The standard InChI is InChI=1S/C19H25N3O3S/c1-13-11-16(14(2)21(13)4)7-9-20-26(24,25)18-5-6-19-17(12-18)8-10-22(19)15(3)23/h5-6,11-12,20H,7-10H2,1-4H3. The number of nitrogens with zero attached hydrogens (tertiary/aromatic N) is 2. The van der Waals surface area contributed by atoms with Crippen LogP contribution in [0, 0.1) is 13.8 Å². The molecule has 1 aliphatic heterocycles. The molecule has 6 nitrogen and oxygen atoms in total. The molecule has 7 heteroatoms. The van der Waals surface area contributed by atoms with Gasteiger partial charge in [0.05, 0.1) is 4.90 Å². The second-order valence-electron chi connectivity index (χ2n) is 6.81. The highest BCUT2D eigenvalue weighted by atomic mass is 32.2. The van der Waals surface area contributed by atoms with E-state index in [9.17, 15) is 13.2 Å². The minimum Gasteiger partial charge on any atom is -0.352 e. The van der Waals surface area contributed by atoms with Gasteiger partial charge in [0.2, 0.25) is 15.9 Å². The van der Waals surface area contributed by atoms with Gasteiger partial charge in [-0.2, -0.15) is 0 Å². The fraction of sp³-hybridized carbons (Fsp3) is 0.421. The number of benzene rings is 1. The van der Waals surface area contributed by atoms with Crippen LogP contribution in [-0.4, -0.2) is 32.0 Å². The van der Waals surface area contributed by atoms with Crippen molar-refractivity contribution >= 4 is 21.6 Å². The number of aromatic nitrogens is 1. The van der Waals surface area contributed by atoms with Crippen LogP contribution in [0.25, 0.3) is 0 Å². The summed E-state index contributed by atoms with van der Waals surface area (Å²) in [4.78, 5) is 13.5. The van der Waals surface area contributed by atoms with Gasteiger partial charge in [0, 0.05) is 44.1 Å². The third-order valence-electron chi connectivity index (χ3n) is 5.20. The summed E-state index contributed by atoms with van der Waals surface area (Å²) in [5, 5.41) is 0. The Morgan fingerprint density at radius 3 is 2.58 bits per heavy atom. The summed E-state index contributed by atoms with van der Waals surface area (Å²) < 4.78 is 30.0. The van der Waals surface area contributed by atoms with Crippen LogP contribution < -0.4 is 9.62 Å². The third kappa shape index (κ3) is 3.41. The quantitative estimate of drug-likeness (QED) is 0.870. The second kappa shape index (κ2) is 6.89. The van der Waals surface area contributed by atoms with Crippen molar-refractivity contribution in [3.05, 3.63) is 46.8 Å². The molecule has 2 aromatic rings. The molecule has 0 atom stereocenters. The average molecular weight is 375 g/mol. The number of nitrogens with one attached hydrogen (secondary N) is 1. The molecule has 3 rings (SSSR count). The molecule has 26 heavy (non-hydrogen) atoms. The summed E-state index contributed by atoms with van der Waals surface area (Å²) in [6, 6.07) is 7.07. The Kier molecular flexibility index (Phi) is 4.94. The Morgan fingerprint density at radius 1 is 1.23 bits per heavy atom. The minimum atomic E-state index is -3.57. The first-order chi connectivity index (χ1) is 12.2. The smallest absolute Gasteiger partial charge is 0.240 e. The van der Waals surface area contributed by atoms with E-state index < -0.39 is 10.0 Å². The van der Waals surface area contributed by atoms with E-state index in [1.165, 1.54) is 6.92 Å². The maximum atomic E-state index is 12.6. The number of aryl methyl sites for hydroxylation is 1. The largest absolute Gasteiger partial charge is 0.352 e. The summed E-state index contributed by atoms with van der Waals surface area (Å²) in [5.41, 5.74) is 5.18. The number of carbonyl (C=O) groups is 1. The number of anilines is 1. The van der Waals surface area contributed by atoms with E-state index in [1.807, 2.05) is 20.9 Å². The number of hydrogen-bond acceptors (Lipinski definition) is 3. The normalized spacial score (nSPS) is 13.9. The first-order valence-corrected chi connectivity index (χ1v) is 10.2. The lowest BCUT2D eigenvalue weighted by molar-refractivity contribution is -0.116. The molecular weight excluding hydrogens is 350 g/mol. The molecule has 0 fully saturated rings. The zero-order chi connectivity index (χ0) is 19.1. The number of carbonyl (C=O) groups excluding carboxylic acids is 1. The molecule has 2 heterocycles. The summed E-state index contributed by atoms with van der Waals surface area (Å²) in [6.07, 6.45) is 1.33. The zero-order valence-corrected chi connectivity index (χ0v) is 16.5. The number of fused-ring (bicyclic) bond motifs is 1. The van der Waals surface area contributed by atoms with Crippen molar-refractivity contribution in [3.63, 3.8) is 0 Å². The summed E-state index contributed by atoms with van der Waals surface area (Å²) >= 11 is 0. The first kappa shape index (κ1) is 18.7. The molecule has 0 saturated carbocycles. The van der Waals surface area contributed by atoms with Crippen molar-refractivity contribution in [3.8, 4) is 0 Å². The van der Waals surface area contributed by atoms with Crippen LogP contribution in [0.2, 0.25) is 0 Å². The van der Waals surface area contributed by atoms with Crippen LogP contribution in [0.1, 0.15) is 29.4 Å². The van der Waals surface area contributed by atoms with Gasteiger partial charge < -0.3 is 9.47 Å². The van der Waals surface area contributed by atoms with Crippen LogP contribution in [-0.2, 0) is 34.7 Å². The van der Waals surface area contributed by atoms with E-state index in [4.69, 9.17) is 0 Å². The summed E-state index contributed by atoms with van der Waals surface area (Å²) in [7, 11) is -1.56. The first-order valence-electron chi connectivity index (χ1n) is 8.73. The van der Waals surface area contributed by atoms with E-state index in [0.29, 0.717) is 25.9 Å². The number of rotatable bonds is 5. The topological polar surface area (TPSA) is 71.4 Å². The lowest BCUT2D eigenvalue weighted by Gasteiger charge is -2.15. The Labute approximate surface area is 154 Å². The maximum absolute atomic E-state index is 12.6. The van der Waals surface area contributed by atoms with Crippen LogP contribution in [0.4, 0.5) is 5.69 Å². The molecule has 1 amide bonds. The molecule has 1 N–H and O–H groups in total. The molecule has 0 spiro atoms. The van der Waals surface area contributed by atoms with Crippen LogP contribution >= 0.6 is 0 Å². The zero-order valence-electron chi connectivity index (χ0n) is 15.7. The van der Waals surface area contributed by atoms with E-state index in [1.54, 1.807) is 23.1 Å². The average Bonchev–Trinajstić information content (AvgIpc) is 3.11. The minimum absolute atomic E-state index is 0.0222. The highest BCUT2D eigenvalue weighted by Gasteiger charge is 2.24.